The van der Waals surface area contributed by atoms with Crippen LogP contribution in [-0.4, -0.2) is 33.4 Å². The van der Waals surface area contributed by atoms with Gasteiger partial charge in [0, 0.05) is 48.0 Å². The maximum atomic E-state index is 4.93. The van der Waals surface area contributed by atoms with E-state index in [-0.39, 0.29) is 0 Å². The van der Waals surface area contributed by atoms with Crippen LogP contribution in [0.1, 0.15) is 4.88 Å². The highest BCUT2D eigenvalue weighted by atomic mass is 79.9. The predicted molar refractivity (Wildman–Crippen MR) is 68.5 cm³/mol. The maximum Gasteiger partial charge on any atom is 0.0587 e. The number of thiophene rings is 1. The van der Waals surface area contributed by atoms with Gasteiger partial charge in [-0.2, -0.15) is 0 Å². The minimum atomic E-state index is 0.776. The first-order chi connectivity index (χ1) is 7.33. The van der Waals surface area contributed by atoms with Crippen molar-refractivity contribution in [3.05, 3.63) is 20.8 Å². The zero-order valence-corrected chi connectivity index (χ0v) is 11.3. The molecule has 1 aromatic rings. The second-order valence-corrected chi connectivity index (χ2v) is 5.06. The summed E-state index contributed by atoms with van der Waals surface area (Å²) >= 11 is 5.21. The molecule has 0 radical (unpaired) electrons. The van der Waals surface area contributed by atoms with E-state index in [1.165, 1.54) is 9.35 Å². The molecular formula is C10H17BrN2OS. The molecule has 0 fully saturated rings. The summed E-state index contributed by atoms with van der Waals surface area (Å²) in [5.41, 5.74) is 0. The van der Waals surface area contributed by atoms with Gasteiger partial charge in [0.25, 0.3) is 0 Å². The number of ether oxygens (including phenoxy) is 1. The fourth-order valence-electron chi connectivity index (χ4n) is 1.13. The molecule has 0 saturated carbocycles. The van der Waals surface area contributed by atoms with E-state index in [1.807, 2.05) is 0 Å². The molecule has 0 unspecified atom stereocenters. The van der Waals surface area contributed by atoms with E-state index in [9.17, 15) is 0 Å². The summed E-state index contributed by atoms with van der Waals surface area (Å²) in [6, 6.07) is 2.15. The first-order valence-electron chi connectivity index (χ1n) is 4.96. The Morgan fingerprint density at radius 1 is 1.33 bits per heavy atom. The van der Waals surface area contributed by atoms with Gasteiger partial charge < -0.3 is 15.4 Å². The van der Waals surface area contributed by atoms with Gasteiger partial charge in [-0.25, -0.2) is 0 Å². The van der Waals surface area contributed by atoms with Crippen molar-refractivity contribution in [1.82, 2.24) is 10.6 Å². The fraction of sp³-hybridized carbons (Fsp3) is 0.600. The summed E-state index contributed by atoms with van der Waals surface area (Å²) in [6.45, 7) is 4.61. The maximum absolute atomic E-state index is 4.93. The third-order valence-corrected chi connectivity index (χ3v) is 3.58. The standard InChI is InChI=1S/C10H17BrN2OS/c1-14-5-4-12-2-3-13-7-10-6-9(11)8-15-10/h6,8,12-13H,2-5,7H2,1H3. The minimum absolute atomic E-state index is 0.776. The van der Waals surface area contributed by atoms with E-state index >= 15 is 0 Å². The number of hydrogen-bond acceptors (Lipinski definition) is 4. The monoisotopic (exact) mass is 292 g/mol. The lowest BCUT2D eigenvalue weighted by molar-refractivity contribution is 0.199. The lowest BCUT2D eigenvalue weighted by Gasteiger charge is -2.04. The Morgan fingerprint density at radius 3 is 2.80 bits per heavy atom. The van der Waals surface area contributed by atoms with Crippen LogP contribution in [0.25, 0.3) is 0 Å². The van der Waals surface area contributed by atoms with Gasteiger partial charge in [0.15, 0.2) is 0 Å². The van der Waals surface area contributed by atoms with Crippen LogP contribution in [0.2, 0.25) is 0 Å². The van der Waals surface area contributed by atoms with Crippen molar-refractivity contribution in [3.63, 3.8) is 0 Å². The number of hydrogen-bond donors (Lipinski definition) is 2. The first-order valence-corrected chi connectivity index (χ1v) is 6.63. The van der Waals surface area contributed by atoms with E-state index in [0.29, 0.717) is 0 Å². The van der Waals surface area contributed by atoms with Crippen LogP contribution in [0.4, 0.5) is 0 Å². The molecule has 0 amide bonds. The van der Waals surface area contributed by atoms with E-state index in [4.69, 9.17) is 4.74 Å². The molecule has 0 bridgehead atoms. The second kappa shape index (κ2) is 8.24. The minimum Gasteiger partial charge on any atom is -0.383 e. The predicted octanol–water partition coefficient (Wildman–Crippen LogP) is 1.84. The summed E-state index contributed by atoms with van der Waals surface area (Å²) in [5, 5.41) is 8.77. The third kappa shape index (κ3) is 6.27. The van der Waals surface area contributed by atoms with Crippen LogP contribution in [0, 0.1) is 0 Å². The number of rotatable bonds is 8. The van der Waals surface area contributed by atoms with Crippen LogP contribution in [-0.2, 0) is 11.3 Å². The van der Waals surface area contributed by atoms with Crippen LogP contribution in [0.5, 0.6) is 0 Å². The largest absolute Gasteiger partial charge is 0.383 e. The molecule has 1 aromatic heterocycles. The summed E-state index contributed by atoms with van der Waals surface area (Å²) in [5.74, 6) is 0. The molecule has 0 saturated heterocycles. The third-order valence-electron chi connectivity index (χ3n) is 1.88. The Kier molecular flexibility index (Phi) is 7.21. The highest BCUT2D eigenvalue weighted by molar-refractivity contribution is 9.10. The molecule has 15 heavy (non-hydrogen) atoms. The van der Waals surface area contributed by atoms with Gasteiger partial charge in [0.05, 0.1) is 6.61 Å². The molecule has 0 aliphatic carbocycles. The number of methoxy groups -OCH3 is 1. The lowest BCUT2D eigenvalue weighted by atomic mass is 10.4. The second-order valence-electron chi connectivity index (χ2n) is 3.15. The highest BCUT2D eigenvalue weighted by Gasteiger charge is 1.96. The Hall–Kier alpha value is 0.0600. The van der Waals surface area contributed by atoms with Gasteiger partial charge in [-0.05, 0) is 22.0 Å². The molecule has 0 aromatic carbocycles. The van der Waals surface area contributed by atoms with Crippen molar-refractivity contribution in [1.29, 1.82) is 0 Å². The van der Waals surface area contributed by atoms with Gasteiger partial charge in [-0.15, -0.1) is 11.3 Å². The van der Waals surface area contributed by atoms with Crippen molar-refractivity contribution in [2.45, 2.75) is 6.54 Å². The fourth-order valence-corrected chi connectivity index (χ4v) is 2.55. The van der Waals surface area contributed by atoms with E-state index in [2.05, 4.69) is 38.0 Å². The van der Waals surface area contributed by atoms with Gasteiger partial charge in [0.2, 0.25) is 0 Å². The van der Waals surface area contributed by atoms with Gasteiger partial charge in [-0.3, -0.25) is 0 Å². The average molecular weight is 293 g/mol. The van der Waals surface area contributed by atoms with Crippen molar-refractivity contribution >= 4 is 27.3 Å². The molecule has 1 rings (SSSR count). The normalized spacial score (nSPS) is 10.8. The summed E-state index contributed by atoms with van der Waals surface area (Å²) < 4.78 is 6.10. The van der Waals surface area contributed by atoms with Gasteiger partial charge in [0.1, 0.15) is 0 Å². The molecular weight excluding hydrogens is 276 g/mol. The zero-order valence-electron chi connectivity index (χ0n) is 8.88. The average Bonchev–Trinajstić information content (AvgIpc) is 2.63. The van der Waals surface area contributed by atoms with Crippen molar-refractivity contribution in [2.75, 3.05) is 33.4 Å². The molecule has 0 aliphatic heterocycles. The molecule has 3 nitrogen and oxygen atoms in total. The molecule has 0 spiro atoms. The van der Waals surface area contributed by atoms with Crippen LogP contribution in [0.3, 0.4) is 0 Å². The van der Waals surface area contributed by atoms with Gasteiger partial charge in [-0.1, -0.05) is 0 Å². The lowest BCUT2D eigenvalue weighted by Crippen LogP contribution is -2.28. The molecule has 0 aliphatic rings. The molecule has 1 heterocycles. The molecule has 86 valence electrons. The number of halogens is 1. The topological polar surface area (TPSA) is 33.3 Å². The highest BCUT2D eigenvalue weighted by Crippen LogP contribution is 2.19. The Balaban J connectivity index is 1.93. The Bertz CT molecular complexity index is 268. The summed E-state index contributed by atoms with van der Waals surface area (Å²) in [6.07, 6.45) is 0. The number of nitrogens with one attached hydrogen (secondary N) is 2. The molecule has 0 atom stereocenters. The summed E-state index contributed by atoms with van der Waals surface area (Å²) in [7, 11) is 1.72. The zero-order chi connectivity index (χ0) is 10.9. The quantitative estimate of drug-likeness (QED) is 0.718. The smallest absolute Gasteiger partial charge is 0.0587 e. The van der Waals surface area contributed by atoms with Crippen molar-refractivity contribution in [2.24, 2.45) is 0 Å². The van der Waals surface area contributed by atoms with Crippen LogP contribution < -0.4 is 10.6 Å². The summed E-state index contributed by atoms with van der Waals surface area (Å²) in [4.78, 5) is 1.36. The SMILES string of the molecule is COCCNCCNCc1cc(Br)cs1. The molecule has 5 heteroatoms. The Morgan fingerprint density at radius 2 is 2.13 bits per heavy atom. The molecule has 2 N–H and O–H groups in total. The van der Waals surface area contributed by atoms with E-state index < -0.39 is 0 Å². The van der Waals surface area contributed by atoms with Gasteiger partial charge >= 0.3 is 0 Å². The van der Waals surface area contributed by atoms with Crippen LogP contribution in [0.15, 0.2) is 15.9 Å². The van der Waals surface area contributed by atoms with Crippen molar-refractivity contribution in [3.8, 4) is 0 Å². The Labute approximate surface area is 103 Å². The van der Waals surface area contributed by atoms with E-state index in [0.717, 1.165) is 32.8 Å². The van der Waals surface area contributed by atoms with Crippen LogP contribution >= 0.6 is 27.3 Å². The van der Waals surface area contributed by atoms with Crippen molar-refractivity contribution < 1.29 is 4.74 Å². The first kappa shape index (κ1) is 13.1. The van der Waals surface area contributed by atoms with E-state index in [1.54, 1.807) is 18.4 Å².